The van der Waals surface area contributed by atoms with Gasteiger partial charge < -0.3 is 19.5 Å². The fourth-order valence-corrected chi connectivity index (χ4v) is 3.25. The number of nitro groups is 1. The van der Waals surface area contributed by atoms with E-state index in [1.165, 1.54) is 25.3 Å². The van der Waals surface area contributed by atoms with Crippen LogP contribution in [0.1, 0.15) is 32.3 Å². The molecule has 2 rings (SSSR count). The largest absolute Gasteiger partial charge is 0.460 e. The molecule has 1 aromatic rings. The van der Waals surface area contributed by atoms with E-state index in [4.69, 9.17) is 14.2 Å². The molecule has 1 atom stereocenters. The summed E-state index contributed by atoms with van der Waals surface area (Å²) in [5, 5.41) is 14.3. The predicted octanol–water partition coefficient (Wildman–Crippen LogP) is 3.14. The van der Waals surface area contributed by atoms with E-state index in [1.807, 2.05) is 0 Å². The van der Waals surface area contributed by atoms with Crippen molar-refractivity contribution in [1.82, 2.24) is 5.32 Å². The van der Waals surface area contributed by atoms with Crippen molar-refractivity contribution in [2.45, 2.75) is 26.7 Å². The van der Waals surface area contributed by atoms with Gasteiger partial charge in [-0.2, -0.15) is 0 Å². The van der Waals surface area contributed by atoms with Crippen molar-refractivity contribution in [3.63, 3.8) is 0 Å². The number of hydrogen-bond acceptors (Lipinski definition) is 8. The van der Waals surface area contributed by atoms with E-state index in [2.05, 4.69) is 11.9 Å². The van der Waals surface area contributed by atoms with Crippen LogP contribution in [0, 0.1) is 10.1 Å². The van der Waals surface area contributed by atoms with E-state index in [-0.39, 0.29) is 36.7 Å². The first kappa shape index (κ1) is 23.8. The van der Waals surface area contributed by atoms with Gasteiger partial charge in [0.2, 0.25) is 0 Å². The minimum atomic E-state index is -0.909. The standard InChI is InChI=1S/C22H26N2O7/c1-13(2)12-31-22(26)19-15(4)23-14(3)18(21(25)30-10-9-29-5)20(19)16-7-6-8-17(11-16)24(27)28/h6-8,11,20,23H,1,9-10,12H2,2-5H3. The molecule has 0 bridgehead atoms. The molecule has 1 aromatic carbocycles. The zero-order valence-corrected chi connectivity index (χ0v) is 18.0. The molecule has 1 N–H and O–H groups in total. The maximum Gasteiger partial charge on any atom is 0.337 e. The lowest BCUT2D eigenvalue weighted by Crippen LogP contribution is -2.33. The molecule has 31 heavy (non-hydrogen) atoms. The fraction of sp³-hybridized carbons (Fsp3) is 0.364. The van der Waals surface area contributed by atoms with Gasteiger partial charge in [0.1, 0.15) is 13.2 Å². The molecule has 0 aromatic heterocycles. The first-order valence-corrected chi connectivity index (χ1v) is 9.57. The Balaban J connectivity index is 2.58. The minimum absolute atomic E-state index is 0.00753. The Morgan fingerprint density at radius 2 is 1.74 bits per heavy atom. The number of carbonyl (C=O) groups excluding carboxylic acids is 2. The Morgan fingerprint density at radius 3 is 2.29 bits per heavy atom. The molecule has 9 nitrogen and oxygen atoms in total. The lowest BCUT2D eigenvalue weighted by Gasteiger charge is -2.30. The van der Waals surface area contributed by atoms with Crippen LogP contribution >= 0.6 is 0 Å². The molecule has 1 unspecified atom stereocenters. The van der Waals surface area contributed by atoms with Gasteiger partial charge >= 0.3 is 11.9 Å². The van der Waals surface area contributed by atoms with Crippen LogP contribution in [0.4, 0.5) is 5.69 Å². The number of methoxy groups -OCH3 is 1. The number of dihydropyridines is 1. The van der Waals surface area contributed by atoms with E-state index >= 15 is 0 Å². The third kappa shape index (κ3) is 5.79. The third-order valence-corrected chi connectivity index (χ3v) is 4.58. The number of carbonyl (C=O) groups is 2. The number of ether oxygens (including phenoxy) is 3. The first-order chi connectivity index (χ1) is 14.7. The maximum absolute atomic E-state index is 13.0. The maximum atomic E-state index is 13.0. The monoisotopic (exact) mass is 430 g/mol. The van der Waals surface area contributed by atoms with Crippen LogP contribution in [0.2, 0.25) is 0 Å². The zero-order chi connectivity index (χ0) is 23.1. The normalized spacial score (nSPS) is 15.9. The van der Waals surface area contributed by atoms with Crippen LogP contribution in [0.25, 0.3) is 0 Å². The summed E-state index contributed by atoms with van der Waals surface area (Å²) >= 11 is 0. The molecule has 166 valence electrons. The van der Waals surface area contributed by atoms with E-state index < -0.39 is 22.8 Å². The smallest absolute Gasteiger partial charge is 0.337 e. The lowest BCUT2D eigenvalue weighted by atomic mass is 9.80. The van der Waals surface area contributed by atoms with Crippen molar-refractivity contribution in [2.24, 2.45) is 0 Å². The number of esters is 2. The summed E-state index contributed by atoms with van der Waals surface area (Å²) in [6, 6.07) is 5.81. The number of allylic oxidation sites excluding steroid dienone is 2. The Hall–Kier alpha value is -3.46. The molecule has 0 aliphatic carbocycles. The molecule has 1 heterocycles. The summed E-state index contributed by atoms with van der Waals surface area (Å²) in [6.45, 7) is 9.02. The fourth-order valence-electron chi connectivity index (χ4n) is 3.25. The molecule has 0 amide bonds. The summed E-state index contributed by atoms with van der Waals surface area (Å²) < 4.78 is 15.6. The average molecular weight is 430 g/mol. The van der Waals surface area contributed by atoms with Gasteiger partial charge in [-0.25, -0.2) is 9.59 Å². The molecular formula is C22H26N2O7. The minimum Gasteiger partial charge on any atom is -0.460 e. The van der Waals surface area contributed by atoms with Crippen molar-refractivity contribution in [1.29, 1.82) is 0 Å². The second-order valence-corrected chi connectivity index (χ2v) is 7.15. The number of non-ortho nitro benzene ring substituents is 1. The molecule has 0 spiro atoms. The van der Waals surface area contributed by atoms with E-state index in [9.17, 15) is 19.7 Å². The number of nitro benzene ring substituents is 1. The third-order valence-electron chi connectivity index (χ3n) is 4.58. The van der Waals surface area contributed by atoms with E-state index in [0.717, 1.165) is 0 Å². The topological polar surface area (TPSA) is 117 Å². The second-order valence-electron chi connectivity index (χ2n) is 7.15. The van der Waals surface area contributed by atoms with Gasteiger partial charge in [-0.15, -0.1) is 0 Å². The predicted molar refractivity (Wildman–Crippen MR) is 113 cm³/mol. The Labute approximate surface area is 180 Å². The van der Waals surface area contributed by atoms with Crippen molar-refractivity contribution >= 4 is 17.6 Å². The number of benzene rings is 1. The molecule has 0 fully saturated rings. The van der Waals surface area contributed by atoms with E-state index in [1.54, 1.807) is 26.8 Å². The van der Waals surface area contributed by atoms with Crippen LogP contribution in [-0.4, -0.2) is 43.8 Å². The highest BCUT2D eigenvalue weighted by Crippen LogP contribution is 2.40. The average Bonchev–Trinajstić information content (AvgIpc) is 2.71. The van der Waals surface area contributed by atoms with Gasteiger partial charge in [0.25, 0.3) is 5.69 Å². The van der Waals surface area contributed by atoms with Crippen molar-refractivity contribution in [3.05, 3.63) is 74.6 Å². The van der Waals surface area contributed by atoms with Crippen LogP contribution < -0.4 is 5.32 Å². The Kier molecular flexibility index (Phi) is 8.09. The second kappa shape index (κ2) is 10.5. The first-order valence-electron chi connectivity index (χ1n) is 9.57. The Morgan fingerprint density at radius 1 is 1.13 bits per heavy atom. The summed E-state index contributed by atoms with van der Waals surface area (Å²) in [5.74, 6) is -2.22. The van der Waals surface area contributed by atoms with Crippen molar-refractivity contribution in [2.75, 3.05) is 26.9 Å². The van der Waals surface area contributed by atoms with Gasteiger partial charge in [0.15, 0.2) is 0 Å². The summed E-state index contributed by atoms with van der Waals surface area (Å²) in [4.78, 5) is 36.7. The quantitative estimate of drug-likeness (QED) is 0.209. The summed E-state index contributed by atoms with van der Waals surface area (Å²) in [7, 11) is 1.48. The molecule has 1 aliphatic rings. The van der Waals surface area contributed by atoms with Crippen LogP contribution in [0.3, 0.4) is 0 Å². The number of rotatable bonds is 9. The molecule has 9 heteroatoms. The van der Waals surface area contributed by atoms with Crippen LogP contribution in [0.15, 0.2) is 59.0 Å². The van der Waals surface area contributed by atoms with Gasteiger partial charge in [-0.3, -0.25) is 10.1 Å². The molecule has 0 radical (unpaired) electrons. The van der Waals surface area contributed by atoms with Crippen molar-refractivity contribution < 1.29 is 28.7 Å². The van der Waals surface area contributed by atoms with Crippen molar-refractivity contribution in [3.8, 4) is 0 Å². The molecule has 1 aliphatic heterocycles. The van der Waals surface area contributed by atoms with Crippen LogP contribution in [0.5, 0.6) is 0 Å². The highest BCUT2D eigenvalue weighted by atomic mass is 16.6. The van der Waals surface area contributed by atoms with Gasteiger partial charge in [-0.1, -0.05) is 18.7 Å². The Bertz CT molecular complexity index is 962. The number of nitrogens with one attached hydrogen (secondary N) is 1. The van der Waals surface area contributed by atoms with Crippen LogP contribution in [-0.2, 0) is 23.8 Å². The van der Waals surface area contributed by atoms with E-state index in [0.29, 0.717) is 22.5 Å². The highest BCUT2D eigenvalue weighted by Gasteiger charge is 2.38. The molecular weight excluding hydrogens is 404 g/mol. The van der Waals surface area contributed by atoms with Gasteiger partial charge in [0.05, 0.1) is 28.6 Å². The highest BCUT2D eigenvalue weighted by molar-refractivity contribution is 6.00. The number of hydrogen-bond donors (Lipinski definition) is 1. The molecule has 0 saturated heterocycles. The molecule has 0 saturated carbocycles. The van der Waals surface area contributed by atoms with Gasteiger partial charge in [-0.05, 0) is 31.9 Å². The summed E-state index contributed by atoms with van der Waals surface area (Å²) in [5.41, 5.74) is 2.19. The lowest BCUT2D eigenvalue weighted by molar-refractivity contribution is -0.384. The summed E-state index contributed by atoms with van der Waals surface area (Å²) in [6.07, 6.45) is 0. The zero-order valence-electron chi connectivity index (χ0n) is 18.0. The number of nitrogens with zero attached hydrogens (tertiary/aromatic N) is 1. The van der Waals surface area contributed by atoms with Gasteiger partial charge in [0, 0.05) is 30.6 Å². The SMILES string of the molecule is C=C(C)COC(=O)C1=C(C)NC(C)=C(C(=O)OCCOC)C1c1cccc([N+](=O)[O-])c1.